The smallest absolute Gasteiger partial charge is 0.265 e. The van der Waals surface area contributed by atoms with Crippen molar-refractivity contribution in [1.29, 1.82) is 0 Å². The van der Waals surface area contributed by atoms with Gasteiger partial charge in [-0.05, 0) is 37.1 Å². The van der Waals surface area contributed by atoms with Crippen molar-refractivity contribution in [2.45, 2.75) is 13.8 Å². The average Bonchev–Trinajstić information content (AvgIpc) is 2.98. The van der Waals surface area contributed by atoms with E-state index in [-0.39, 0.29) is 5.91 Å². The van der Waals surface area contributed by atoms with Crippen LogP contribution in [0, 0.1) is 0 Å². The Kier molecular flexibility index (Phi) is 9.66. The lowest BCUT2D eigenvalue weighted by molar-refractivity contribution is 0.0950. The summed E-state index contributed by atoms with van der Waals surface area (Å²) >= 11 is 10.4. The monoisotopic (exact) mass is 434 g/mol. The van der Waals surface area contributed by atoms with Crippen molar-refractivity contribution in [2.24, 2.45) is 0 Å². The fourth-order valence-corrected chi connectivity index (χ4v) is 3.59. The van der Waals surface area contributed by atoms with Gasteiger partial charge in [0.1, 0.15) is 10.6 Å². The number of benzene rings is 1. The van der Waals surface area contributed by atoms with Gasteiger partial charge in [0.15, 0.2) is 0 Å². The maximum atomic E-state index is 12.4. The fourth-order valence-electron chi connectivity index (χ4n) is 2.35. The third-order valence-corrected chi connectivity index (χ3v) is 5.01. The Morgan fingerprint density at radius 2 is 2.00 bits per heavy atom. The number of ether oxygens (including phenoxy) is 1. The highest BCUT2D eigenvalue weighted by Gasteiger charge is 2.19. The molecule has 24 heavy (non-hydrogen) atoms. The summed E-state index contributed by atoms with van der Waals surface area (Å²) in [6.07, 6.45) is 0. The van der Waals surface area contributed by atoms with Crippen molar-refractivity contribution in [3.05, 3.63) is 28.1 Å². The van der Waals surface area contributed by atoms with Crippen LogP contribution in [0.2, 0.25) is 5.02 Å². The Morgan fingerprint density at radius 1 is 1.33 bits per heavy atom. The Labute approximate surface area is 161 Å². The van der Waals surface area contributed by atoms with Gasteiger partial charge in [-0.25, -0.2) is 0 Å². The lowest BCUT2D eigenvalue weighted by Gasteiger charge is -2.17. The molecule has 0 radical (unpaired) electrons. The molecule has 4 nitrogen and oxygen atoms in total. The van der Waals surface area contributed by atoms with E-state index >= 15 is 0 Å². The summed E-state index contributed by atoms with van der Waals surface area (Å²) in [5.74, 6) is 2.32. The van der Waals surface area contributed by atoms with Crippen LogP contribution < -0.4 is 10.1 Å². The molecular weight excluding hydrogens is 412 g/mol. The minimum absolute atomic E-state index is 0.0960. The molecule has 0 aliphatic rings. The second-order valence-corrected chi connectivity index (χ2v) is 6.38. The van der Waals surface area contributed by atoms with Crippen LogP contribution in [-0.4, -0.2) is 49.9 Å². The molecule has 0 unspecified atom stereocenters. The molecule has 2 aromatic rings. The number of hydrogen-bond acceptors (Lipinski definition) is 4. The van der Waals surface area contributed by atoms with Crippen molar-refractivity contribution in [1.82, 2.24) is 10.2 Å². The van der Waals surface area contributed by atoms with E-state index in [2.05, 4.69) is 40.0 Å². The van der Waals surface area contributed by atoms with E-state index in [1.54, 1.807) is 7.11 Å². The van der Waals surface area contributed by atoms with E-state index in [0.29, 0.717) is 22.2 Å². The minimum Gasteiger partial charge on any atom is -0.494 e. The summed E-state index contributed by atoms with van der Waals surface area (Å²) in [6, 6.07) is 5.57. The highest BCUT2D eigenvalue weighted by Crippen LogP contribution is 2.38. The van der Waals surface area contributed by atoms with E-state index < -0.39 is 0 Å². The van der Waals surface area contributed by atoms with Gasteiger partial charge < -0.3 is 15.0 Å². The number of nitrogens with one attached hydrogen (secondary N) is 1. The Balaban J connectivity index is 0.00000139. The van der Waals surface area contributed by atoms with Crippen molar-refractivity contribution in [3.63, 3.8) is 0 Å². The third-order valence-electron chi connectivity index (χ3n) is 3.62. The van der Waals surface area contributed by atoms with E-state index in [4.69, 9.17) is 16.3 Å². The maximum absolute atomic E-state index is 12.4. The lowest BCUT2D eigenvalue weighted by atomic mass is 10.2. The van der Waals surface area contributed by atoms with Crippen LogP contribution in [-0.2, 0) is 0 Å². The number of carbonyl (C=O) groups is 1. The number of carbonyl (C=O) groups excluding carboxylic acids is 1. The number of fused-ring (bicyclic) bond motifs is 1. The Morgan fingerprint density at radius 3 is 2.58 bits per heavy atom. The molecule has 0 spiro atoms. The van der Waals surface area contributed by atoms with Gasteiger partial charge in [-0.2, -0.15) is 0 Å². The zero-order valence-electron chi connectivity index (χ0n) is 14.5. The molecule has 1 aromatic carbocycles. The summed E-state index contributed by atoms with van der Waals surface area (Å²) in [4.78, 5) is 15.3. The number of likely N-dealkylation sites (N-methyl/N-ethyl adjacent to an activating group) is 1. The van der Waals surface area contributed by atoms with Gasteiger partial charge in [0, 0.05) is 28.2 Å². The Bertz CT molecular complexity index is 659. The van der Waals surface area contributed by atoms with Crippen molar-refractivity contribution in [3.8, 4) is 5.75 Å². The van der Waals surface area contributed by atoms with Gasteiger partial charge in [-0.1, -0.05) is 41.4 Å². The zero-order chi connectivity index (χ0) is 18.1. The summed E-state index contributed by atoms with van der Waals surface area (Å²) < 4.78 is 6.42. The molecular formula is C17H24BrClN2O2S. The van der Waals surface area contributed by atoms with Crippen LogP contribution in [0.25, 0.3) is 10.1 Å². The van der Waals surface area contributed by atoms with Crippen LogP contribution >= 0.6 is 38.9 Å². The molecule has 0 aliphatic carbocycles. The zero-order valence-corrected chi connectivity index (χ0v) is 17.6. The SMILES string of the molecule is CBr.CCN(CC)CCNC(=O)c1sc2ccc(Cl)cc2c1OC. The molecule has 134 valence electrons. The summed E-state index contributed by atoms with van der Waals surface area (Å²) in [6.45, 7) is 7.67. The first-order valence-electron chi connectivity index (χ1n) is 7.75. The predicted molar refractivity (Wildman–Crippen MR) is 108 cm³/mol. The predicted octanol–water partition coefficient (Wildman–Crippen LogP) is 4.65. The average molecular weight is 436 g/mol. The van der Waals surface area contributed by atoms with Crippen LogP contribution in [0.15, 0.2) is 18.2 Å². The standard InChI is InChI=1S/C16H21ClN2O2S.CH3Br/c1-4-19(5-2)9-8-18-16(20)15-14(21-3)12-10-11(17)6-7-13(12)22-15;1-2/h6-7,10H,4-5,8-9H2,1-3H3,(H,18,20);1H3. The summed E-state index contributed by atoms with van der Waals surface area (Å²) in [5.41, 5.74) is 0. The maximum Gasteiger partial charge on any atom is 0.265 e. The molecule has 1 heterocycles. The number of rotatable bonds is 7. The number of alkyl halides is 1. The number of hydrogen-bond donors (Lipinski definition) is 1. The second kappa shape index (κ2) is 10.9. The first-order chi connectivity index (χ1) is 11.6. The molecule has 0 atom stereocenters. The van der Waals surface area contributed by atoms with Crippen molar-refractivity contribution < 1.29 is 9.53 Å². The molecule has 1 aromatic heterocycles. The molecule has 1 amide bonds. The van der Waals surface area contributed by atoms with E-state index in [1.165, 1.54) is 11.3 Å². The van der Waals surface area contributed by atoms with Crippen LogP contribution in [0.1, 0.15) is 23.5 Å². The topological polar surface area (TPSA) is 41.6 Å². The number of thiophene rings is 1. The van der Waals surface area contributed by atoms with E-state index in [0.717, 1.165) is 29.7 Å². The number of nitrogens with zero attached hydrogens (tertiary/aromatic N) is 1. The van der Waals surface area contributed by atoms with Crippen molar-refractivity contribution in [2.75, 3.05) is 39.1 Å². The first kappa shape index (κ1) is 21.2. The van der Waals surface area contributed by atoms with Crippen LogP contribution in [0.4, 0.5) is 0 Å². The normalized spacial score (nSPS) is 10.5. The van der Waals surface area contributed by atoms with Gasteiger partial charge in [-0.3, -0.25) is 4.79 Å². The second-order valence-electron chi connectivity index (χ2n) is 4.89. The molecule has 0 bridgehead atoms. The number of methoxy groups -OCH3 is 1. The fraction of sp³-hybridized carbons (Fsp3) is 0.471. The van der Waals surface area contributed by atoms with Gasteiger partial charge in [0.05, 0.1) is 7.11 Å². The molecule has 2 rings (SSSR count). The van der Waals surface area contributed by atoms with Gasteiger partial charge in [0.2, 0.25) is 0 Å². The molecule has 0 aliphatic heterocycles. The largest absolute Gasteiger partial charge is 0.494 e. The molecule has 0 fully saturated rings. The van der Waals surface area contributed by atoms with E-state index in [9.17, 15) is 4.79 Å². The third kappa shape index (κ3) is 5.34. The van der Waals surface area contributed by atoms with Gasteiger partial charge >= 0.3 is 0 Å². The van der Waals surface area contributed by atoms with Crippen LogP contribution in [0.5, 0.6) is 5.75 Å². The number of halogens is 2. The molecule has 7 heteroatoms. The minimum atomic E-state index is -0.0960. The highest BCUT2D eigenvalue weighted by molar-refractivity contribution is 9.08. The van der Waals surface area contributed by atoms with Crippen LogP contribution in [0.3, 0.4) is 0 Å². The lowest BCUT2D eigenvalue weighted by Crippen LogP contribution is -2.34. The van der Waals surface area contributed by atoms with Gasteiger partial charge in [0.25, 0.3) is 5.91 Å². The molecule has 1 N–H and O–H groups in total. The molecule has 0 saturated heterocycles. The quantitative estimate of drug-likeness (QED) is 0.644. The number of amides is 1. The molecule has 0 saturated carbocycles. The van der Waals surface area contributed by atoms with Gasteiger partial charge in [-0.15, -0.1) is 11.3 Å². The van der Waals surface area contributed by atoms with Crippen molar-refractivity contribution >= 4 is 54.9 Å². The summed E-state index contributed by atoms with van der Waals surface area (Å²) in [5, 5.41) is 4.48. The highest BCUT2D eigenvalue weighted by atomic mass is 79.9. The van der Waals surface area contributed by atoms with E-state index in [1.807, 2.05) is 24.0 Å². The first-order valence-corrected chi connectivity index (χ1v) is 10.5. The Hall–Kier alpha value is -0.820. The summed E-state index contributed by atoms with van der Waals surface area (Å²) in [7, 11) is 1.58.